The fraction of sp³-hybridized carbons (Fsp3) is 0.200. The van der Waals surface area contributed by atoms with Crippen LogP contribution >= 0.6 is 43.6 Å². The standard InChI is InChI=1S/C15H14Br2OS/c16-12-5-7-14(8-6-12)19-10-13(18)9-11-3-1-2-4-15(11)17/h1-8,13,18H,9-10H2. The maximum atomic E-state index is 10.1. The minimum Gasteiger partial charge on any atom is -0.392 e. The Hall–Kier alpha value is -0.290. The highest BCUT2D eigenvalue weighted by Gasteiger charge is 2.08. The average molecular weight is 402 g/mol. The molecule has 1 N–H and O–H groups in total. The van der Waals surface area contributed by atoms with Crippen molar-refractivity contribution in [2.75, 3.05) is 5.75 Å². The van der Waals surface area contributed by atoms with E-state index in [-0.39, 0.29) is 6.10 Å². The van der Waals surface area contributed by atoms with Gasteiger partial charge in [0.15, 0.2) is 0 Å². The highest BCUT2D eigenvalue weighted by Crippen LogP contribution is 2.23. The van der Waals surface area contributed by atoms with Crippen molar-refractivity contribution in [2.24, 2.45) is 0 Å². The van der Waals surface area contributed by atoms with Gasteiger partial charge in [0.25, 0.3) is 0 Å². The van der Waals surface area contributed by atoms with E-state index < -0.39 is 0 Å². The van der Waals surface area contributed by atoms with Crippen molar-refractivity contribution < 1.29 is 5.11 Å². The molecule has 19 heavy (non-hydrogen) atoms. The monoisotopic (exact) mass is 400 g/mol. The second kappa shape index (κ2) is 7.48. The molecule has 0 aliphatic carbocycles. The van der Waals surface area contributed by atoms with Crippen LogP contribution in [0.25, 0.3) is 0 Å². The molecule has 0 bridgehead atoms. The predicted octanol–water partition coefficient (Wildman–Crippen LogP) is 4.91. The van der Waals surface area contributed by atoms with Crippen molar-refractivity contribution in [3.63, 3.8) is 0 Å². The molecule has 1 unspecified atom stereocenters. The Labute approximate surface area is 134 Å². The SMILES string of the molecule is OC(CSc1ccc(Br)cc1)Cc1ccccc1Br. The summed E-state index contributed by atoms with van der Waals surface area (Å²) in [6, 6.07) is 16.2. The van der Waals surface area contributed by atoms with Crippen molar-refractivity contribution in [1.82, 2.24) is 0 Å². The van der Waals surface area contributed by atoms with Gasteiger partial charge in [-0.3, -0.25) is 0 Å². The maximum Gasteiger partial charge on any atom is 0.0674 e. The number of rotatable bonds is 5. The molecule has 2 aromatic carbocycles. The van der Waals surface area contributed by atoms with Crippen LogP contribution in [0.5, 0.6) is 0 Å². The number of hydrogen-bond donors (Lipinski definition) is 1. The number of hydrogen-bond acceptors (Lipinski definition) is 2. The van der Waals surface area contributed by atoms with E-state index in [1.54, 1.807) is 11.8 Å². The first-order valence-electron chi connectivity index (χ1n) is 5.95. The van der Waals surface area contributed by atoms with Crippen molar-refractivity contribution in [2.45, 2.75) is 17.4 Å². The van der Waals surface area contributed by atoms with Crippen molar-refractivity contribution in [3.05, 3.63) is 63.0 Å². The van der Waals surface area contributed by atoms with Crippen LogP contribution in [0.15, 0.2) is 62.4 Å². The highest BCUT2D eigenvalue weighted by molar-refractivity contribution is 9.10. The zero-order chi connectivity index (χ0) is 13.7. The third kappa shape index (κ3) is 4.95. The summed E-state index contributed by atoms with van der Waals surface area (Å²) in [7, 11) is 0. The molecular weight excluding hydrogens is 388 g/mol. The summed E-state index contributed by atoms with van der Waals surface area (Å²) >= 11 is 8.60. The van der Waals surface area contributed by atoms with Gasteiger partial charge in [0.1, 0.15) is 0 Å². The minimum absolute atomic E-state index is 0.340. The molecule has 4 heteroatoms. The molecule has 0 radical (unpaired) electrons. The van der Waals surface area contributed by atoms with Gasteiger partial charge in [-0.15, -0.1) is 11.8 Å². The number of benzene rings is 2. The normalized spacial score (nSPS) is 12.4. The second-order valence-corrected chi connectivity index (χ2v) is 7.08. The van der Waals surface area contributed by atoms with Crippen molar-refractivity contribution in [1.29, 1.82) is 0 Å². The average Bonchev–Trinajstić information content (AvgIpc) is 2.41. The van der Waals surface area contributed by atoms with E-state index >= 15 is 0 Å². The molecule has 2 rings (SSSR count). The first-order valence-corrected chi connectivity index (χ1v) is 8.52. The summed E-state index contributed by atoms with van der Waals surface area (Å²) in [5.41, 5.74) is 1.14. The summed E-state index contributed by atoms with van der Waals surface area (Å²) in [4.78, 5) is 1.18. The van der Waals surface area contributed by atoms with Crippen LogP contribution in [0.1, 0.15) is 5.56 Å². The van der Waals surface area contributed by atoms with Gasteiger partial charge in [-0.25, -0.2) is 0 Å². The van der Waals surface area contributed by atoms with Gasteiger partial charge in [-0.05, 0) is 35.9 Å². The van der Waals surface area contributed by atoms with Crippen LogP contribution in [0, 0.1) is 0 Å². The lowest BCUT2D eigenvalue weighted by molar-refractivity contribution is 0.200. The molecule has 100 valence electrons. The van der Waals surface area contributed by atoms with Crippen LogP contribution in [-0.4, -0.2) is 17.0 Å². The lowest BCUT2D eigenvalue weighted by atomic mass is 10.1. The molecule has 1 atom stereocenters. The Bertz CT molecular complexity index is 528. The van der Waals surface area contributed by atoms with Crippen molar-refractivity contribution in [3.8, 4) is 0 Å². The molecule has 0 aromatic heterocycles. The molecule has 0 amide bonds. The van der Waals surface area contributed by atoms with Gasteiger partial charge in [-0.2, -0.15) is 0 Å². The number of aliphatic hydroxyl groups excluding tert-OH is 1. The molecular formula is C15H14Br2OS. The van der Waals surface area contributed by atoms with E-state index in [2.05, 4.69) is 44.0 Å². The van der Waals surface area contributed by atoms with E-state index in [4.69, 9.17) is 0 Å². The van der Waals surface area contributed by atoms with Crippen LogP contribution in [0.2, 0.25) is 0 Å². The summed E-state index contributed by atoms with van der Waals surface area (Å²) in [5, 5.41) is 10.1. The smallest absolute Gasteiger partial charge is 0.0674 e. The molecule has 0 aliphatic heterocycles. The number of thioether (sulfide) groups is 1. The molecule has 0 spiro atoms. The largest absolute Gasteiger partial charge is 0.392 e. The maximum absolute atomic E-state index is 10.1. The third-order valence-electron chi connectivity index (χ3n) is 2.67. The van der Waals surface area contributed by atoms with Crippen LogP contribution in [0.3, 0.4) is 0 Å². The molecule has 1 nitrogen and oxygen atoms in total. The van der Waals surface area contributed by atoms with Crippen LogP contribution in [-0.2, 0) is 6.42 Å². The topological polar surface area (TPSA) is 20.2 Å². The van der Waals surface area contributed by atoms with E-state index in [1.165, 1.54) is 4.90 Å². The third-order valence-corrected chi connectivity index (χ3v) is 5.13. The van der Waals surface area contributed by atoms with E-state index in [9.17, 15) is 5.11 Å². The molecule has 2 aromatic rings. The quantitative estimate of drug-likeness (QED) is 0.718. The molecule has 0 heterocycles. The Balaban J connectivity index is 1.86. The van der Waals surface area contributed by atoms with E-state index in [0.29, 0.717) is 12.2 Å². The van der Waals surface area contributed by atoms with Gasteiger partial charge >= 0.3 is 0 Å². The second-order valence-electron chi connectivity index (χ2n) is 4.21. The van der Waals surface area contributed by atoms with Gasteiger partial charge in [0, 0.05) is 26.0 Å². The predicted molar refractivity (Wildman–Crippen MR) is 88.7 cm³/mol. The summed E-state index contributed by atoms with van der Waals surface area (Å²) in [5.74, 6) is 0.697. The zero-order valence-electron chi connectivity index (χ0n) is 10.2. The fourth-order valence-corrected chi connectivity index (χ4v) is 3.24. The lowest BCUT2D eigenvalue weighted by Crippen LogP contribution is -2.13. The van der Waals surface area contributed by atoms with E-state index in [1.807, 2.05) is 36.4 Å². The first kappa shape index (κ1) is 15.1. The van der Waals surface area contributed by atoms with Gasteiger partial charge in [0.05, 0.1) is 6.10 Å². The Morgan fingerprint density at radius 1 is 1.00 bits per heavy atom. The highest BCUT2D eigenvalue weighted by atomic mass is 79.9. The van der Waals surface area contributed by atoms with Crippen molar-refractivity contribution >= 4 is 43.6 Å². The van der Waals surface area contributed by atoms with Crippen LogP contribution in [0.4, 0.5) is 0 Å². The van der Waals surface area contributed by atoms with Gasteiger partial charge in [0.2, 0.25) is 0 Å². The minimum atomic E-state index is -0.340. The summed E-state index contributed by atoms with van der Waals surface area (Å²) < 4.78 is 2.13. The molecule has 0 saturated heterocycles. The lowest BCUT2D eigenvalue weighted by Gasteiger charge is -2.11. The number of aliphatic hydroxyl groups is 1. The molecule has 0 fully saturated rings. The Kier molecular flexibility index (Phi) is 5.95. The van der Waals surface area contributed by atoms with Crippen LogP contribution < -0.4 is 0 Å². The zero-order valence-corrected chi connectivity index (χ0v) is 14.2. The molecule has 0 aliphatic rings. The van der Waals surface area contributed by atoms with Gasteiger partial charge < -0.3 is 5.11 Å². The fourth-order valence-electron chi connectivity index (χ4n) is 1.70. The summed E-state index contributed by atoms with van der Waals surface area (Å²) in [6.45, 7) is 0. The Morgan fingerprint density at radius 2 is 1.68 bits per heavy atom. The molecule has 0 saturated carbocycles. The first-order chi connectivity index (χ1) is 9.15. The Morgan fingerprint density at radius 3 is 2.37 bits per heavy atom. The summed E-state index contributed by atoms with van der Waals surface area (Å²) in [6.07, 6.45) is 0.331. The van der Waals surface area contributed by atoms with Gasteiger partial charge in [-0.1, -0.05) is 50.1 Å². The number of halogens is 2. The van der Waals surface area contributed by atoms with E-state index in [0.717, 1.165) is 14.5 Å².